The van der Waals surface area contributed by atoms with Gasteiger partial charge in [0.15, 0.2) is 0 Å². The zero-order valence-electron chi connectivity index (χ0n) is 10.6. The van der Waals surface area contributed by atoms with Crippen LogP contribution >= 0.6 is 0 Å². The highest BCUT2D eigenvalue weighted by Gasteiger charge is 2.03. The molecule has 0 atom stereocenters. The second kappa shape index (κ2) is 6.00. The van der Waals surface area contributed by atoms with E-state index >= 15 is 0 Å². The van der Waals surface area contributed by atoms with Crippen molar-refractivity contribution in [3.8, 4) is 0 Å². The van der Waals surface area contributed by atoms with Crippen LogP contribution in [0.2, 0.25) is 0 Å². The summed E-state index contributed by atoms with van der Waals surface area (Å²) in [6.45, 7) is 1.82. The van der Waals surface area contributed by atoms with Gasteiger partial charge in [-0.25, -0.2) is 4.39 Å². The van der Waals surface area contributed by atoms with E-state index in [1.807, 2.05) is 30.3 Å². The van der Waals surface area contributed by atoms with Crippen molar-refractivity contribution < 1.29 is 9.18 Å². The second-order valence-corrected chi connectivity index (χ2v) is 4.23. The lowest BCUT2D eigenvalue weighted by Gasteiger charge is -2.08. The van der Waals surface area contributed by atoms with E-state index in [0.717, 1.165) is 11.4 Å². The lowest BCUT2D eigenvalue weighted by molar-refractivity contribution is -0.114. The van der Waals surface area contributed by atoms with Crippen molar-refractivity contribution in [3.63, 3.8) is 0 Å². The molecule has 2 aromatic carbocycles. The molecule has 0 aliphatic carbocycles. The maximum Gasteiger partial charge on any atom is 0.243 e. The van der Waals surface area contributed by atoms with E-state index in [-0.39, 0.29) is 18.3 Å². The number of aryl methyl sites for hydroxylation is 1. The molecule has 2 rings (SSSR count). The van der Waals surface area contributed by atoms with Gasteiger partial charge < -0.3 is 10.6 Å². The molecular weight excluding hydrogens is 243 g/mol. The van der Waals surface area contributed by atoms with Crippen molar-refractivity contribution in [1.29, 1.82) is 0 Å². The largest absolute Gasteiger partial charge is 0.376 e. The summed E-state index contributed by atoms with van der Waals surface area (Å²) in [6.07, 6.45) is 0. The molecule has 0 radical (unpaired) electrons. The molecule has 0 unspecified atom stereocenters. The molecule has 0 bridgehead atoms. The van der Waals surface area contributed by atoms with Crippen LogP contribution in [-0.4, -0.2) is 12.5 Å². The van der Waals surface area contributed by atoms with Crippen LogP contribution in [0.5, 0.6) is 0 Å². The average Bonchev–Trinajstić information content (AvgIpc) is 2.41. The van der Waals surface area contributed by atoms with Gasteiger partial charge >= 0.3 is 0 Å². The fourth-order valence-corrected chi connectivity index (χ4v) is 1.66. The Bertz CT molecular complexity index is 570. The first kappa shape index (κ1) is 13.1. The molecule has 2 N–H and O–H groups in total. The Morgan fingerprint density at radius 1 is 1.11 bits per heavy atom. The fraction of sp³-hybridized carbons (Fsp3) is 0.133. The number of hydrogen-bond donors (Lipinski definition) is 2. The Kier molecular flexibility index (Phi) is 4.13. The van der Waals surface area contributed by atoms with E-state index in [4.69, 9.17) is 0 Å². The first-order chi connectivity index (χ1) is 9.15. The number of amides is 1. The number of nitrogens with one attached hydrogen (secondary N) is 2. The molecule has 0 spiro atoms. The Hall–Kier alpha value is -2.36. The summed E-state index contributed by atoms with van der Waals surface area (Å²) in [4.78, 5) is 11.7. The molecule has 0 aromatic heterocycles. The van der Waals surface area contributed by atoms with E-state index in [9.17, 15) is 9.18 Å². The molecule has 0 saturated heterocycles. The Balaban J connectivity index is 1.88. The standard InChI is InChI=1S/C15H15FN2O/c1-11-9-13(7-8-14(11)16)17-10-15(19)18-12-5-3-2-4-6-12/h2-9,17H,10H2,1H3,(H,18,19). The van der Waals surface area contributed by atoms with Gasteiger partial charge in [0.05, 0.1) is 6.54 Å². The normalized spacial score (nSPS) is 10.0. The van der Waals surface area contributed by atoms with Crippen molar-refractivity contribution in [2.75, 3.05) is 17.2 Å². The third kappa shape index (κ3) is 3.81. The summed E-state index contributed by atoms with van der Waals surface area (Å²) in [6, 6.07) is 13.9. The van der Waals surface area contributed by atoms with Gasteiger partial charge in [0.25, 0.3) is 0 Å². The molecule has 98 valence electrons. The van der Waals surface area contributed by atoms with Crippen LogP contribution in [0.1, 0.15) is 5.56 Å². The highest BCUT2D eigenvalue weighted by molar-refractivity contribution is 5.93. The number of benzene rings is 2. The molecule has 19 heavy (non-hydrogen) atoms. The SMILES string of the molecule is Cc1cc(NCC(=O)Nc2ccccc2)ccc1F. The van der Waals surface area contributed by atoms with Gasteiger partial charge in [-0.3, -0.25) is 4.79 Å². The number of anilines is 2. The van der Waals surface area contributed by atoms with Crippen molar-refractivity contribution >= 4 is 17.3 Å². The number of carbonyl (C=O) groups excluding carboxylic acids is 1. The molecular formula is C15H15FN2O. The predicted molar refractivity (Wildman–Crippen MR) is 74.7 cm³/mol. The van der Waals surface area contributed by atoms with Crippen LogP contribution in [0.3, 0.4) is 0 Å². The minimum atomic E-state index is -0.251. The van der Waals surface area contributed by atoms with Crippen LogP contribution in [0.4, 0.5) is 15.8 Å². The number of hydrogen-bond acceptors (Lipinski definition) is 2. The lowest BCUT2D eigenvalue weighted by atomic mass is 10.2. The Morgan fingerprint density at radius 2 is 1.84 bits per heavy atom. The molecule has 0 heterocycles. The minimum Gasteiger partial charge on any atom is -0.376 e. The van der Waals surface area contributed by atoms with Crippen molar-refractivity contribution in [3.05, 3.63) is 59.9 Å². The van der Waals surface area contributed by atoms with Crippen LogP contribution in [0.15, 0.2) is 48.5 Å². The summed E-state index contributed by atoms with van der Waals surface area (Å²) >= 11 is 0. The summed E-state index contributed by atoms with van der Waals surface area (Å²) in [5.74, 6) is -0.396. The van der Waals surface area contributed by atoms with Crippen LogP contribution in [-0.2, 0) is 4.79 Å². The predicted octanol–water partition coefficient (Wildman–Crippen LogP) is 3.18. The maximum atomic E-state index is 13.1. The zero-order valence-corrected chi connectivity index (χ0v) is 10.6. The van der Waals surface area contributed by atoms with E-state index in [0.29, 0.717) is 5.56 Å². The van der Waals surface area contributed by atoms with E-state index in [1.54, 1.807) is 19.1 Å². The Morgan fingerprint density at radius 3 is 2.53 bits per heavy atom. The summed E-state index contributed by atoms with van der Waals surface area (Å²) < 4.78 is 13.1. The number of carbonyl (C=O) groups is 1. The highest BCUT2D eigenvalue weighted by Crippen LogP contribution is 2.13. The fourth-order valence-electron chi connectivity index (χ4n) is 1.66. The van der Waals surface area contributed by atoms with E-state index in [1.165, 1.54) is 6.07 Å². The minimum absolute atomic E-state index is 0.139. The molecule has 4 heteroatoms. The molecule has 1 amide bonds. The molecule has 0 aliphatic rings. The topological polar surface area (TPSA) is 41.1 Å². The zero-order chi connectivity index (χ0) is 13.7. The third-order valence-corrected chi connectivity index (χ3v) is 2.67. The molecule has 0 saturated carbocycles. The number of halogens is 1. The van der Waals surface area contributed by atoms with Crippen molar-refractivity contribution in [2.24, 2.45) is 0 Å². The van der Waals surface area contributed by atoms with Crippen LogP contribution in [0, 0.1) is 12.7 Å². The van der Waals surface area contributed by atoms with Gasteiger partial charge in [-0.1, -0.05) is 18.2 Å². The summed E-state index contributed by atoms with van der Waals surface area (Å²) in [5, 5.41) is 5.72. The highest BCUT2D eigenvalue weighted by atomic mass is 19.1. The Labute approximate surface area is 111 Å². The quantitative estimate of drug-likeness (QED) is 0.884. The van der Waals surface area contributed by atoms with Crippen molar-refractivity contribution in [1.82, 2.24) is 0 Å². The van der Waals surface area contributed by atoms with Gasteiger partial charge in [0.1, 0.15) is 5.82 Å². The second-order valence-electron chi connectivity index (χ2n) is 4.23. The first-order valence-electron chi connectivity index (χ1n) is 6.00. The van der Waals surface area contributed by atoms with E-state index < -0.39 is 0 Å². The van der Waals surface area contributed by atoms with E-state index in [2.05, 4.69) is 10.6 Å². The molecule has 0 aliphatic heterocycles. The van der Waals surface area contributed by atoms with Gasteiger partial charge in [-0.15, -0.1) is 0 Å². The first-order valence-corrected chi connectivity index (χ1v) is 6.00. The van der Waals surface area contributed by atoms with Crippen LogP contribution < -0.4 is 10.6 Å². The lowest BCUT2D eigenvalue weighted by Crippen LogP contribution is -2.21. The van der Waals surface area contributed by atoms with Gasteiger partial charge in [0.2, 0.25) is 5.91 Å². The molecule has 2 aromatic rings. The summed E-state index contributed by atoms with van der Waals surface area (Å²) in [5.41, 5.74) is 2.03. The third-order valence-electron chi connectivity index (χ3n) is 2.67. The number of rotatable bonds is 4. The number of para-hydroxylation sites is 1. The van der Waals surface area contributed by atoms with Gasteiger partial charge in [-0.05, 0) is 42.8 Å². The smallest absolute Gasteiger partial charge is 0.243 e. The molecule has 0 fully saturated rings. The van der Waals surface area contributed by atoms with Crippen molar-refractivity contribution in [2.45, 2.75) is 6.92 Å². The monoisotopic (exact) mass is 258 g/mol. The summed E-state index contributed by atoms with van der Waals surface area (Å²) in [7, 11) is 0. The molecule has 3 nitrogen and oxygen atoms in total. The maximum absolute atomic E-state index is 13.1. The van der Waals surface area contributed by atoms with Gasteiger partial charge in [0, 0.05) is 11.4 Å². The van der Waals surface area contributed by atoms with Crippen LogP contribution in [0.25, 0.3) is 0 Å². The van der Waals surface area contributed by atoms with Gasteiger partial charge in [-0.2, -0.15) is 0 Å². The average molecular weight is 258 g/mol.